The van der Waals surface area contributed by atoms with E-state index in [1.807, 2.05) is 24.5 Å². The molecule has 2 atom stereocenters. The molecule has 3 fully saturated rings. The SMILES string of the molecule is CNC(=O)c1ccc(N2CCN(Cc3cnc4cc(C5CC5)c(=O)[nH]c4c3)[C@@H]3CC[C@H]32)cn1. The number of H-pyrrole nitrogens is 1. The molecule has 0 unspecified atom stereocenters. The van der Waals surface area contributed by atoms with Crippen LogP contribution in [-0.2, 0) is 6.54 Å². The molecule has 3 aromatic rings. The van der Waals surface area contributed by atoms with Crippen LogP contribution in [0.5, 0.6) is 0 Å². The van der Waals surface area contributed by atoms with E-state index in [0.29, 0.717) is 23.7 Å². The maximum Gasteiger partial charge on any atom is 0.269 e. The highest BCUT2D eigenvalue weighted by atomic mass is 16.1. The monoisotopic (exact) mass is 444 g/mol. The fourth-order valence-electron chi connectivity index (χ4n) is 5.32. The zero-order valence-electron chi connectivity index (χ0n) is 18.8. The summed E-state index contributed by atoms with van der Waals surface area (Å²) in [5.74, 6) is 0.253. The molecule has 170 valence electrons. The third-order valence-electron chi connectivity index (χ3n) is 7.42. The molecule has 2 saturated carbocycles. The molecule has 1 amide bonds. The van der Waals surface area contributed by atoms with Crippen molar-refractivity contribution in [2.75, 3.05) is 25.0 Å². The van der Waals surface area contributed by atoms with Crippen LogP contribution >= 0.6 is 0 Å². The van der Waals surface area contributed by atoms with Crippen molar-refractivity contribution in [2.45, 2.75) is 50.2 Å². The van der Waals surface area contributed by atoms with Crippen LogP contribution in [-0.4, -0.2) is 58.0 Å². The second kappa shape index (κ2) is 7.95. The molecule has 1 aliphatic heterocycles. The standard InChI is InChI=1S/C25H28N6O2/c1-26-25(33)19-5-4-17(13-28-19)31-9-8-30(22-6-7-23(22)31)14-15-10-21-20(27-12-15)11-18(16-2-3-16)24(32)29-21/h4-5,10-13,16,22-23H,2-3,6-9,14H2,1H3,(H,26,33)(H,29,32)/t22-,23-/m1/s1. The van der Waals surface area contributed by atoms with Gasteiger partial charge in [-0.2, -0.15) is 0 Å². The van der Waals surface area contributed by atoms with Crippen molar-refractivity contribution in [1.29, 1.82) is 0 Å². The van der Waals surface area contributed by atoms with Crippen LogP contribution in [0.2, 0.25) is 0 Å². The average molecular weight is 445 g/mol. The first-order valence-corrected chi connectivity index (χ1v) is 11.8. The second-order valence-corrected chi connectivity index (χ2v) is 9.46. The van der Waals surface area contributed by atoms with E-state index in [2.05, 4.69) is 36.1 Å². The summed E-state index contributed by atoms with van der Waals surface area (Å²) in [6.07, 6.45) is 8.32. The van der Waals surface area contributed by atoms with Crippen LogP contribution in [0.1, 0.15) is 53.2 Å². The van der Waals surface area contributed by atoms with Crippen LogP contribution in [0.3, 0.4) is 0 Å². The van der Waals surface area contributed by atoms with Crippen molar-refractivity contribution in [3.8, 4) is 0 Å². The summed E-state index contributed by atoms with van der Waals surface area (Å²) >= 11 is 0. The van der Waals surface area contributed by atoms with Crippen molar-refractivity contribution in [2.24, 2.45) is 0 Å². The number of hydrogen-bond acceptors (Lipinski definition) is 6. The number of aromatic amines is 1. The van der Waals surface area contributed by atoms with Gasteiger partial charge in [-0.3, -0.25) is 19.5 Å². The Morgan fingerprint density at radius 2 is 1.94 bits per heavy atom. The summed E-state index contributed by atoms with van der Waals surface area (Å²) < 4.78 is 0. The minimum atomic E-state index is -0.165. The first kappa shape index (κ1) is 20.4. The summed E-state index contributed by atoms with van der Waals surface area (Å²) in [6, 6.07) is 8.80. The number of rotatable bonds is 5. The van der Waals surface area contributed by atoms with Crippen LogP contribution in [0.15, 0.2) is 41.5 Å². The number of nitrogens with zero attached hydrogens (tertiary/aromatic N) is 4. The zero-order chi connectivity index (χ0) is 22.5. The molecule has 33 heavy (non-hydrogen) atoms. The lowest BCUT2D eigenvalue weighted by Crippen LogP contribution is -2.64. The van der Waals surface area contributed by atoms with Gasteiger partial charge in [-0.15, -0.1) is 0 Å². The van der Waals surface area contributed by atoms with E-state index < -0.39 is 0 Å². The van der Waals surface area contributed by atoms with Gasteiger partial charge in [0.15, 0.2) is 0 Å². The number of amides is 1. The van der Waals surface area contributed by atoms with E-state index in [1.165, 1.54) is 6.42 Å². The van der Waals surface area contributed by atoms with E-state index in [1.54, 1.807) is 13.1 Å². The Balaban J connectivity index is 1.17. The van der Waals surface area contributed by atoms with E-state index in [0.717, 1.165) is 66.7 Å². The van der Waals surface area contributed by atoms with E-state index in [9.17, 15) is 9.59 Å². The number of carbonyl (C=O) groups is 1. The van der Waals surface area contributed by atoms with Crippen molar-refractivity contribution >= 4 is 22.6 Å². The number of hydrogen-bond donors (Lipinski definition) is 2. The Hall–Kier alpha value is -3.26. The molecule has 0 bridgehead atoms. The maximum absolute atomic E-state index is 12.4. The van der Waals surface area contributed by atoms with Gasteiger partial charge in [0.2, 0.25) is 0 Å². The Labute approximate surface area is 192 Å². The fraction of sp³-hybridized carbons (Fsp3) is 0.440. The molecule has 3 aromatic heterocycles. The highest BCUT2D eigenvalue weighted by molar-refractivity contribution is 5.92. The normalized spacial score (nSPS) is 22.6. The third kappa shape index (κ3) is 3.68. The number of nitrogens with one attached hydrogen (secondary N) is 2. The van der Waals surface area contributed by atoms with Gasteiger partial charge in [0.05, 0.1) is 22.9 Å². The molecule has 2 aliphatic carbocycles. The molecule has 6 rings (SSSR count). The van der Waals surface area contributed by atoms with Crippen molar-refractivity contribution in [1.82, 2.24) is 25.2 Å². The highest BCUT2D eigenvalue weighted by Crippen LogP contribution is 2.39. The largest absolute Gasteiger partial charge is 0.364 e. The molecule has 0 spiro atoms. The molecule has 3 aliphatic rings. The first-order chi connectivity index (χ1) is 16.1. The van der Waals surface area contributed by atoms with Crippen LogP contribution in [0.4, 0.5) is 5.69 Å². The van der Waals surface area contributed by atoms with Gasteiger partial charge in [-0.05, 0) is 61.4 Å². The average Bonchev–Trinajstić information content (AvgIpc) is 3.64. The first-order valence-electron chi connectivity index (χ1n) is 11.8. The summed E-state index contributed by atoms with van der Waals surface area (Å²) in [4.78, 5) is 41.3. The Kier molecular flexibility index (Phi) is 4.90. The lowest BCUT2D eigenvalue weighted by molar-refractivity contribution is 0.0658. The smallest absolute Gasteiger partial charge is 0.269 e. The number of aromatic nitrogens is 3. The molecule has 0 radical (unpaired) electrons. The Morgan fingerprint density at radius 1 is 1.09 bits per heavy atom. The number of anilines is 1. The molecule has 8 nitrogen and oxygen atoms in total. The predicted octanol–water partition coefficient (Wildman–Crippen LogP) is 2.41. The second-order valence-electron chi connectivity index (χ2n) is 9.46. The number of carbonyl (C=O) groups excluding carboxylic acids is 1. The van der Waals surface area contributed by atoms with Gasteiger partial charge in [0, 0.05) is 50.5 Å². The molecular weight excluding hydrogens is 416 g/mol. The lowest BCUT2D eigenvalue weighted by atomic mass is 9.81. The quantitative estimate of drug-likeness (QED) is 0.628. The maximum atomic E-state index is 12.4. The lowest BCUT2D eigenvalue weighted by Gasteiger charge is -2.54. The molecule has 4 heterocycles. The number of pyridine rings is 3. The van der Waals surface area contributed by atoms with E-state index >= 15 is 0 Å². The van der Waals surface area contributed by atoms with Gasteiger partial charge in [0.1, 0.15) is 5.69 Å². The van der Waals surface area contributed by atoms with Gasteiger partial charge in [-0.25, -0.2) is 4.98 Å². The fourth-order valence-corrected chi connectivity index (χ4v) is 5.32. The minimum absolute atomic E-state index is 0.0349. The third-order valence-corrected chi connectivity index (χ3v) is 7.42. The van der Waals surface area contributed by atoms with Gasteiger partial charge in [0.25, 0.3) is 11.5 Å². The topological polar surface area (TPSA) is 94.2 Å². The Morgan fingerprint density at radius 3 is 2.64 bits per heavy atom. The molecule has 2 N–H and O–H groups in total. The summed E-state index contributed by atoms with van der Waals surface area (Å²) in [7, 11) is 1.62. The van der Waals surface area contributed by atoms with Gasteiger partial charge >= 0.3 is 0 Å². The number of fused-ring (bicyclic) bond motifs is 2. The van der Waals surface area contributed by atoms with Crippen molar-refractivity contribution in [3.63, 3.8) is 0 Å². The van der Waals surface area contributed by atoms with Crippen molar-refractivity contribution in [3.05, 3.63) is 63.8 Å². The minimum Gasteiger partial charge on any atom is -0.364 e. The highest BCUT2D eigenvalue weighted by Gasteiger charge is 2.43. The Bertz CT molecular complexity index is 1270. The van der Waals surface area contributed by atoms with Crippen LogP contribution in [0, 0.1) is 0 Å². The van der Waals surface area contributed by atoms with Gasteiger partial charge in [-0.1, -0.05) is 0 Å². The molecule has 8 heteroatoms. The van der Waals surface area contributed by atoms with Crippen molar-refractivity contribution < 1.29 is 4.79 Å². The molecular formula is C25H28N6O2. The summed E-state index contributed by atoms with van der Waals surface area (Å²) in [6.45, 7) is 2.70. The van der Waals surface area contributed by atoms with Gasteiger partial charge < -0.3 is 15.2 Å². The number of piperazine rings is 1. The van der Waals surface area contributed by atoms with E-state index in [4.69, 9.17) is 0 Å². The molecule has 1 saturated heterocycles. The van der Waals surface area contributed by atoms with Crippen LogP contribution in [0.25, 0.3) is 11.0 Å². The predicted molar refractivity (Wildman–Crippen MR) is 127 cm³/mol. The van der Waals surface area contributed by atoms with Crippen LogP contribution < -0.4 is 15.8 Å². The summed E-state index contributed by atoms with van der Waals surface area (Å²) in [5.41, 5.74) is 5.27. The summed E-state index contributed by atoms with van der Waals surface area (Å²) in [5, 5.41) is 2.61. The van der Waals surface area contributed by atoms with E-state index in [-0.39, 0.29) is 11.5 Å². The zero-order valence-corrected chi connectivity index (χ0v) is 18.8. The molecule has 0 aromatic carbocycles.